The van der Waals surface area contributed by atoms with Gasteiger partial charge in [-0.3, -0.25) is 0 Å². The van der Waals surface area contributed by atoms with E-state index in [2.05, 4.69) is 0 Å². The molecule has 0 spiro atoms. The van der Waals surface area contributed by atoms with E-state index in [1.807, 2.05) is 68.5 Å². The fraction of sp³-hybridized carbons (Fsp3) is 0.190. The summed E-state index contributed by atoms with van der Waals surface area (Å²) in [5.41, 5.74) is 0.175. The maximum atomic E-state index is 13.9. The molecule has 4 heteroatoms. The number of hydrogen-bond donors (Lipinski definition) is 0. The molecule has 2 aromatic carbocycles. The fourth-order valence-electron chi connectivity index (χ4n) is 2.17. The zero-order valence-electron chi connectivity index (χ0n) is 14.2. The molecule has 2 rings (SSSR count). The van der Waals surface area contributed by atoms with Crippen molar-refractivity contribution in [1.29, 1.82) is 0 Å². The predicted octanol–water partition coefficient (Wildman–Crippen LogP) is 4.01. The van der Waals surface area contributed by atoms with E-state index in [-0.39, 0.29) is 11.3 Å². The zero-order chi connectivity index (χ0) is 18.3. The van der Waals surface area contributed by atoms with Gasteiger partial charge in [-0.1, -0.05) is 55.5 Å². The molecule has 0 radical (unpaired) electrons. The smallest absolute Gasteiger partial charge is 0.165 e. The molecule has 130 valence electrons. The molecule has 0 amide bonds. The predicted molar refractivity (Wildman–Crippen MR) is 94.7 cm³/mol. The highest BCUT2D eigenvalue weighted by molar-refractivity contribution is 5.86. The zero-order valence-corrected chi connectivity index (χ0v) is 14.2. The van der Waals surface area contributed by atoms with Crippen LogP contribution in [0.25, 0.3) is 6.08 Å². The first kappa shape index (κ1) is 18.5. The maximum Gasteiger partial charge on any atom is 0.165 e. The molecule has 0 fully saturated rings. The first-order valence-corrected chi connectivity index (χ1v) is 8.04. The number of hydrogen-bond acceptors (Lipinski definition) is 3. The molecule has 25 heavy (non-hydrogen) atoms. The number of carbonyl (C=O) groups excluding carboxylic acids is 1. The number of halogens is 1. The average molecular weight is 339 g/mol. The summed E-state index contributed by atoms with van der Waals surface area (Å²) in [5, 5.41) is 10.9. The quantitative estimate of drug-likeness (QED) is 0.716. The van der Waals surface area contributed by atoms with Crippen LogP contribution in [0.5, 0.6) is 5.75 Å². The van der Waals surface area contributed by atoms with Crippen LogP contribution in [0.3, 0.4) is 0 Å². The van der Waals surface area contributed by atoms with Crippen molar-refractivity contribution < 1.29 is 19.0 Å². The molecule has 0 heterocycles. The molecular weight excluding hydrogens is 319 g/mol. The van der Waals surface area contributed by atoms with E-state index in [4.69, 9.17) is 4.74 Å². The minimum absolute atomic E-state index is 0.109. The number of carboxylic acid groups (broad SMARTS) is 1. The van der Waals surface area contributed by atoms with Crippen LogP contribution in [-0.4, -0.2) is 11.6 Å². The summed E-state index contributed by atoms with van der Waals surface area (Å²) in [4.78, 5) is 10.9. The fourth-order valence-corrected chi connectivity index (χ4v) is 2.17. The average Bonchev–Trinajstić information content (AvgIpc) is 2.61. The third-order valence-corrected chi connectivity index (χ3v) is 3.86. The minimum Gasteiger partial charge on any atom is -0.545 e. The van der Waals surface area contributed by atoms with E-state index in [0.29, 0.717) is 6.42 Å². The largest absolute Gasteiger partial charge is 0.545 e. The lowest BCUT2D eigenvalue weighted by Gasteiger charge is -2.26. The van der Waals surface area contributed by atoms with Crippen molar-refractivity contribution in [2.45, 2.75) is 25.9 Å². The lowest BCUT2D eigenvalue weighted by Crippen LogP contribution is -2.29. The van der Waals surface area contributed by atoms with E-state index >= 15 is 0 Å². The van der Waals surface area contributed by atoms with Gasteiger partial charge in [-0.25, -0.2) is 4.39 Å². The lowest BCUT2D eigenvalue weighted by atomic mass is 10.0. The van der Waals surface area contributed by atoms with Gasteiger partial charge in [-0.05, 0) is 43.2 Å². The highest BCUT2D eigenvalue weighted by Gasteiger charge is 2.22. The van der Waals surface area contributed by atoms with Crippen LogP contribution in [0.15, 0.2) is 66.8 Å². The van der Waals surface area contributed by atoms with Crippen molar-refractivity contribution in [3.63, 3.8) is 0 Å². The first-order chi connectivity index (χ1) is 11.9. The maximum absolute atomic E-state index is 13.9. The highest BCUT2D eigenvalue weighted by Crippen LogP contribution is 2.26. The Morgan fingerprint density at radius 3 is 2.56 bits per heavy atom. The lowest BCUT2D eigenvalue weighted by molar-refractivity contribution is -0.255. The summed E-state index contributed by atoms with van der Waals surface area (Å²) >= 11 is 0. The van der Waals surface area contributed by atoms with Crippen molar-refractivity contribution >= 4 is 12.0 Å². The molecule has 0 bridgehead atoms. The molecule has 0 aliphatic rings. The van der Waals surface area contributed by atoms with Gasteiger partial charge in [0.2, 0.25) is 0 Å². The van der Waals surface area contributed by atoms with E-state index in [0.717, 1.165) is 23.8 Å². The molecule has 0 aliphatic carbocycles. The molecule has 3 nitrogen and oxygen atoms in total. The SMILES string of the molecule is CCC(C)(/C=C/C=C\c1ccccc1)Oc1cc(C(=O)[O-])ccc1F. The first-order valence-electron chi connectivity index (χ1n) is 8.04. The number of carbonyl (C=O) groups is 1. The molecule has 2 aromatic rings. The summed E-state index contributed by atoms with van der Waals surface area (Å²) in [7, 11) is 0. The van der Waals surface area contributed by atoms with Crippen LogP contribution in [-0.2, 0) is 0 Å². The summed E-state index contributed by atoms with van der Waals surface area (Å²) < 4.78 is 19.7. The van der Waals surface area contributed by atoms with Crippen molar-refractivity contribution in [2.75, 3.05) is 0 Å². The van der Waals surface area contributed by atoms with E-state index in [1.54, 1.807) is 0 Å². The monoisotopic (exact) mass is 339 g/mol. The van der Waals surface area contributed by atoms with Crippen LogP contribution in [0, 0.1) is 5.82 Å². The van der Waals surface area contributed by atoms with Gasteiger partial charge in [-0.2, -0.15) is 0 Å². The summed E-state index contributed by atoms with van der Waals surface area (Å²) in [6, 6.07) is 13.2. The number of aromatic carboxylic acids is 1. The Morgan fingerprint density at radius 1 is 1.20 bits per heavy atom. The van der Waals surface area contributed by atoms with Crippen LogP contribution >= 0.6 is 0 Å². The number of benzene rings is 2. The minimum atomic E-state index is -1.37. The van der Waals surface area contributed by atoms with Gasteiger partial charge in [-0.15, -0.1) is 0 Å². The Morgan fingerprint density at radius 2 is 1.92 bits per heavy atom. The molecule has 0 aliphatic heterocycles. The summed E-state index contributed by atoms with van der Waals surface area (Å²) in [6.07, 6.45) is 8.05. The molecule has 0 N–H and O–H groups in total. The van der Waals surface area contributed by atoms with Crippen LogP contribution in [0.2, 0.25) is 0 Å². The van der Waals surface area contributed by atoms with Gasteiger partial charge in [0.25, 0.3) is 0 Å². The van der Waals surface area contributed by atoms with Gasteiger partial charge in [0, 0.05) is 5.56 Å². The number of allylic oxidation sites excluding steroid dienone is 2. The van der Waals surface area contributed by atoms with E-state index in [1.165, 1.54) is 0 Å². The molecule has 1 atom stereocenters. The van der Waals surface area contributed by atoms with Crippen LogP contribution in [0.1, 0.15) is 36.2 Å². The highest BCUT2D eigenvalue weighted by atomic mass is 19.1. The van der Waals surface area contributed by atoms with Gasteiger partial charge in [0.1, 0.15) is 5.60 Å². The van der Waals surface area contributed by atoms with Gasteiger partial charge in [0.05, 0.1) is 5.97 Å². The Kier molecular flexibility index (Phi) is 6.12. The molecular formula is C21H20FO3-. The van der Waals surface area contributed by atoms with Crippen molar-refractivity contribution in [3.8, 4) is 5.75 Å². The van der Waals surface area contributed by atoms with Gasteiger partial charge in [0.15, 0.2) is 11.6 Å². The summed E-state index contributed by atoms with van der Waals surface area (Å²) in [6.45, 7) is 3.72. The second-order valence-electron chi connectivity index (χ2n) is 5.83. The molecule has 0 aromatic heterocycles. The number of carboxylic acids is 1. The molecule has 0 saturated heterocycles. The number of rotatable bonds is 7. The summed E-state index contributed by atoms with van der Waals surface area (Å²) in [5.74, 6) is -2.09. The van der Waals surface area contributed by atoms with Gasteiger partial charge < -0.3 is 14.6 Å². The second kappa shape index (κ2) is 8.29. The van der Waals surface area contributed by atoms with Gasteiger partial charge >= 0.3 is 0 Å². The Bertz CT molecular complexity index is 781. The Labute approximate surface area is 147 Å². The molecule has 1 unspecified atom stereocenters. The Hall–Kier alpha value is -2.88. The van der Waals surface area contributed by atoms with E-state index in [9.17, 15) is 14.3 Å². The van der Waals surface area contributed by atoms with Crippen LogP contribution < -0.4 is 9.84 Å². The van der Waals surface area contributed by atoms with E-state index < -0.39 is 17.4 Å². The third kappa shape index (κ3) is 5.31. The second-order valence-corrected chi connectivity index (χ2v) is 5.83. The molecule has 0 saturated carbocycles. The standard InChI is InChI=1S/C21H21FO3/c1-3-21(2,14-8-7-11-16-9-5-4-6-10-16)25-19-15-17(20(23)24)12-13-18(19)22/h4-15H,3H2,1-2H3,(H,23,24)/p-1/b11-7-,14-8+. The topological polar surface area (TPSA) is 49.4 Å². The van der Waals surface area contributed by atoms with Crippen molar-refractivity contribution in [1.82, 2.24) is 0 Å². The van der Waals surface area contributed by atoms with Crippen molar-refractivity contribution in [3.05, 3.63) is 83.7 Å². The normalized spacial score (nSPS) is 13.9. The Balaban J connectivity index is 2.14. The van der Waals surface area contributed by atoms with Crippen LogP contribution in [0.4, 0.5) is 4.39 Å². The third-order valence-electron chi connectivity index (χ3n) is 3.86. The number of ether oxygens (including phenoxy) is 1. The van der Waals surface area contributed by atoms with Crippen molar-refractivity contribution in [2.24, 2.45) is 0 Å².